The van der Waals surface area contributed by atoms with Gasteiger partial charge in [0, 0.05) is 13.1 Å². The van der Waals surface area contributed by atoms with Gasteiger partial charge in [-0.05, 0) is 44.7 Å². The van der Waals surface area contributed by atoms with Crippen molar-refractivity contribution >= 4 is 6.09 Å². The van der Waals surface area contributed by atoms with Gasteiger partial charge in [-0.25, -0.2) is 4.79 Å². The van der Waals surface area contributed by atoms with E-state index in [1.165, 1.54) is 6.33 Å². The molecule has 1 amide bonds. The van der Waals surface area contributed by atoms with Crippen molar-refractivity contribution in [1.82, 2.24) is 25.1 Å². The Morgan fingerprint density at radius 1 is 1.37 bits per heavy atom. The van der Waals surface area contributed by atoms with Crippen LogP contribution < -0.4 is 0 Å². The van der Waals surface area contributed by atoms with Crippen LogP contribution in [-0.4, -0.2) is 49.9 Å². The van der Waals surface area contributed by atoms with Crippen LogP contribution in [0.25, 0.3) is 0 Å². The van der Waals surface area contributed by atoms with E-state index in [1.54, 1.807) is 9.70 Å². The summed E-state index contributed by atoms with van der Waals surface area (Å²) in [6.07, 6.45) is 3.11. The number of nitrogens with zero attached hydrogens (tertiary/aromatic N) is 5. The maximum Gasteiger partial charge on any atom is 0.410 e. The van der Waals surface area contributed by atoms with Gasteiger partial charge in [0.15, 0.2) is 6.33 Å². The van der Waals surface area contributed by atoms with Crippen molar-refractivity contribution in [2.75, 3.05) is 13.1 Å². The molecule has 1 fully saturated rings. The lowest BCUT2D eigenvalue weighted by Gasteiger charge is -2.33. The Morgan fingerprint density at radius 3 is 2.58 bits per heavy atom. The van der Waals surface area contributed by atoms with Gasteiger partial charge in [0.05, 0.1) is 6.54 Å². The zero-order valence-electron chi connectivity index (χ0n) is 11.7. The Morgan fingerprint density at radius 2 is 2.05 bits per heavy atom. The van der Waals surface area contributed by atoms with Crippen molar-refractivity contribution in [3.05, 3.63) is 6.33 Å². The van der Waals surface area contributed by atoms with E-state index >= 15 is 0 Å². The van der Waals surface area contributed by atoms with Gasteiger partial charge in [-0.2, -0.15) is 4.80 Å². The average molecular weight is 267 g/mol. The molecule has 19 heavy (non-hydrogen) atoms. The molecule has 0 bridgehead atoms. The normalized spacial score (nSPS) is 17.5. The molecule has 0 radical (unpaired) electrons. The van der Waals surface area contributed by atoms with Crippen LogP contribution in [-0.2, 0) is 11.3 Å². The number of piperidine rings is 1. The largest absolute Gasteiger partial charge is 0.444 e. The number of hydrogen-bond acceptors (Lipinski definition) is 5. The van der Waals surface area contributed by atoms with Gasteiger partial charge in [-0.3, -0.25) is 0 Å². The fourth-order valence-corrected chi connectivity index (χ4v) is 2.13. The van der Waals surface area contributed by atoms with Crippen LogP contribution in [0.3, 0.4) is 0 Å². The minimum atomic E-state index is -0.432. The second-order valence-corrected chi connectivity index (χ2v) is 5.90. The lowest BCUT2D eigenvalue weighted by molar-refractivity contribution is 0.0175. The Labute approximate surface area is 112 Å². The summed E-state index contributed by atoms with van der Waals surface area (Å²) in [6, 6.07) is 0. The lowest BCUT2D eigenvalue weighted by Crippen LogP contribution is -2.42. The predicted molar refractivity (Wildman–Crippen MR) is 68.3 cm³/mol. The minimum absolute atomic E-state index is 0.218. The molecule has 1 aliphatic rings. The minimum Gasteiger partial charge on any atom is -0.444 e. The van der Waals surface area contributed by atoms with Crippen molar-refractivity contribution < 1.29 is 9.53 Å². The first-order valence-electron chi connectivity index (χ1n) is 6.63. The number of carbonyl (C=O) groups is 1. The quantitative estimate of drug-likeness (QED) is 0.808. The van der Waals surface area contributed by atoms with Gasteiger partial charge in [0.2, 0.25) is 0 Å². The van der Waals surface area contributed by atoms with Crippen LogP contribution in [0.1, 0.15) is 33.6 Å². The van der Waals surface area contributed by atoms with Crippen LogP contribution in [0.5, 0.6) is 0 Å². The highest BCUT2D eigenvalue weighted by molar-refractivity contribution is 5.68. The smallest absolute Gasteiger partial charge is 0.410 e. The Balaban J connectivity index is 1.77. The van der Waals surface area contributed by atoms with E-state index in [0.717, 1.165) is 32.5 Å². The van der Waals surface area contributed by atoms with Gasteiger partial charge >= 0.3 is 6.09 Å². The second-order valence-electron chi connectivity index (χ2n) is 5.90. The highest BCUT2D eigenvalue weighted by atomic mass is 16.6. The Hall–Kier alpha value is -1.66. The number of aromatic nitrogens is 4. The number of amides is 1. The Kier molecular flexibility index (Phi) is 4.01. The van der Waals surface area contributed by atoms with E-state index in [1.807, 2.05) is 20.8 Å². The molecule has 2 rings (SSSR count). The molecule has 1 aromatic heterocycles. The molecule has 0 spiro atoms. The van der Waals surface area contributed by atoms with Crippen molar-refractivity contribution in [3.63, 3.8) is 0 Å². The molecule has 106 valence electrons. The van der Waals surface area contributed by atoms with Crippen molar-refractivity contribution in [2.24, 2.45) is 5.92 Å². The summed E-state index contributed by atoms with van der Waals surface area (Å²) in [5, 5.41) is 11.6. The summed E-state index contributed by atoms with van der Waals surface area (Å²) < 4.78 is 5.37. The third-order valence-corrected chi connectivity index (χ3v) is 3.08. The summed E-state index contributed by atoms with van der Waals surface area (Å²) in [7, 11) is 0. The molecule has 0 atom stereocenters. The topological polar surface area (TPSA) is 73.1 Å². The maximum atomic E-state index is 11.9. The number of carbonyl (C=O) groups excluding carboxylic acids is 1. The zero-order chi connectivity index (χ0) is 13.9. The monoisotopic (exact) mass is 267 g/mol. The molecule has 0 aromatic carbocycles. The molecule has 0 aliphatic carbocycles. The van der Waals surface area contributed by atoms with Crippen LogP contribution in [0.15, 0.2) is 6.33 Å². The van der Waals surface area contributed by atoms with E-state index in [-0.39, 0.29) is 6.09 Å². The first kappa shape index (κ1) is 13.8. The Bertz CT molecular complexity index is 404. The van der Waals surface area contributed by atoms with Gasteiger partial charge in [-0.15, -0.1) is 10.2 Å². The first-order chi connectivity index (χ1) is 8.94. The summed E-state index contributed by atoms with van der Waals surface area (Å²) in [6.45, 7) is 7.88. The molecule has 0 saturated carbocycles. The van der Waals surface area contributed by atoms with E-state index in [2.05, 4.69) is 15.4 Å². The van der Waals surface area contributed by atoms with Gasteiger partial charge < -0.3 is 9.64 Å². The lowest BCUT2D eigenvalue weighted by atomic mass is 9.97. The fourth-order valence-electron chi connectivity index (χ4n) is 2.13. The van der Waals surface area contributed by atoms with Crippen molar-refractivity contribution in [3.8, 4) is 0 Å². The summed E-state index contributed by atoms with van der Waals surface area (Å²) >= 11 is 0. The highest BCUT2D eigenvalue weighted by Crippen LogP contribution is 2.20. The third-order valence-electron chi connectivity index (χ3n) is 3.08. The average Bonchev–Trinajstić information content (AvgIpc) is 2.80. The molecule has 0 unspecified atom stereocenters. The number of tetrazole rings is 1. The van der Waals surface area contributed by atoms with E-state index in [9.17, 15) is 4.79 Å². The van der Waals surface area contributed by atoms with Crippen LogP contribution in [0.4, 0.5) is 4.79 Å². The first-order valence-corrected chi connectivity index (χ1v) is 6.63. The second kappa shape index (κ2) is 5.54. The predicted octanol–water partition coefficient (Wildman–Crippen LogP) is 1.32. The number of ether oxygens (including phenoxy) is 1. The van der Waals surface area contributed by atoms with Crippen LogP contribution in [0.2, 0.25) is 0 Å². The summed E-state index contributed by atoms with van der Waals surface area (Å²) in [5.74, 6) is 0.493. The molecule has 1 saturated heterocycles. The molecular formula is C12H21N5O2. The highest BCUT2D eigenvalue weighted by Gasteiger charge is 2.27. The van der Waals surface area contributed by atoms with Gasteiger partial charge in [0.1, 0.15) is 5.60 Å². The molecule has 0 N–H and O–H groups in total. The zero-order valence-corrected chi connectivity index (χ0v) is 11.7. The summed E-state index contributed by atoms with van der Waals surface area (Å²) in [5.41, 5.74) is -0.432. The maximum absolute atomic E-state index is 11.9. The van der Waals surface area contributed by atoms with Crippen LogP contribution in [0, 0.1) is 5.92 Å². The molecule has 7 nitrogen and oxygen atoms in total. The van der Waals surface area contributed by atoms with Gasteiger partial charge in [-0.1, -0.05) is 0 Å². The van der Waals surface area contributed by atoms with Gasteiger partial charge in [0.25, 0.3) is 0 Å². The molecule has 2 heterocycles. The van der Waals surface area contributed by atoms with Crippen molar-refractivity contribution in [1.29, 1.82) is 0 Å². The van der Waals surface area contributed by atoms with Crippen molar-refractivity contribution in [2.45, 2.75) is 45.8 Å². The number of hydrogen-bond donors (Lipinski definition) is 0. The standard InChI is InChI=1S/C12H21N5O2/c1-12(2,3)19-11(18)16-6-4-10(5-7-16)8-17-14-9-13-15-17/h9-10H,4-8H2,1-3H3. The molecule has 7 heteroatoms. The molecule has 1 aromatic rings. The van der Waals surface area contributed by atoms with E-state index in [4.69, 9.17) is 4.74 Å². The van der Waals surface area contributed by atoms with E-state index < -0.39 is 5.60 Å². The third kappa shape index (κ3) is 4.18. The van der Waals surface area contributed by atoms with Crippen LogP contribution >= 0.6 is 0 Å². The number of likely N-dealkylation sites (tertiary alicyclic amines) is 1. The van der Waals surface area contributed by atoms with E-state index in [0.29, 0.717) is 5.92 Å². The fraction of sp³-hybridized carbons (Fsp3) is 0.833. The summed E-state index contributed by atoms with van der Waals surface area (Å²) in [4.78, 5) is 15.3. The SMILES string of the molecule is CC(C)(C)OC(=O)N1CCC(Cn2ncnn2)CC1. The molecule has 1 aliphatic heterocycles. The molecular weight excluding hydrogens is 246 g/mol. The number of rotatable bonds is 2.